The lowest BCUT2D eigenvalue weighted by Gasteiger charge is -2.04. The number of nitriles is 2. The fourth-order valence-corrected chi connectivity index (χ4v) is 1.20. The van der Waals surface area contributed by atoms with E-state index in [4.69, 9.17) is 10.5 Å². The summed E-state index contributed by atoms with van der Waals surface area (Å²) >= 11 is 0. The number of nitro groups is 1. The van der Waals surface area contributed by atoms with Crippen molar-refractivity contribution in [3.63, 3.8) is 0 Å². The Morgan fingerprint density at radius 1 is 1.47 bits per heavy atom. The van der Waals surface area contributed by atoms with Gasteiger partial charge in [-0.3, -0.25) is 10.1 Å². The van der Waals surface area contributed by atoms with Gasteiger partial charge in [0.15, 0.2) is 0 Å². The average Bonchev–Trinajstić information content (AvgIpc) is 2.27. The van der Waals surface area contributed by atoms with E-state index in [1.165, 1.54) is 18.2 Å². The minimum atomic E-state index is -0.568. The molecular weight excluding hydrogens is 194 g/mol. The van der Waals surface area contributed by atoms with Crippen LogP contribution in [0.15, 0.2) is 18.2 Å². The maximum atomic E-state index is 10.5. The Kier molecular flexibility index (Phi) is 3.00. The first-order chi connectivity index (χ1) is 7.10. The van der Waals surface area contributed by atoms with Gasteiger partial charge >= 0.3 is 0 Å². The molecule has 0 amide bonds. The molecule has 15 heavy (non-hydrogen) atoms. The molecule has 0 fully saturated rings. The van der Waals surface area contributed by atoms with E-state index in [2.05, 4.69) is 0 Å². The number of rotatable bonds is 2. The molecule has 0 heterocycles. The second kappa shape index (κ2) is 4.21. The predicted octanol–water partition coefficient (Wildman–Crippen LogP) is 2.09. The largest absolute Gasteiger partial charge is 0.270 e. The average molecular weight is 201 g/mol. The van der Waals surface area contributed by atoms with E-state index in [0.717, 1.165) is 0 Å². The third kappa shape index (κ3) is 2.09. The van der Waals surface area contributed by atoms with Crippen LogP contribution in [-0.2, 0) is 0 Å². The van der Waals surface area contributed by atoms with Crippen LogP contribution in [0.3, 0.4) is 0 Å². The summed E-state index contributed by atoms with van der Waals surface area (Å²) in [5.74, 6) is -0.444. The Balaban J connectivity index is 3.30. The Morgan fingerprint density at radius 3 is 2.60 bits per heavy atom. The molecule has 1 unspecified atom stereocenters. The van der Waals surface area contributed by atoms with E-state index < -0.39 is 10.8 Å². The number of hydrogen-bond acceptors (Lipinski definition) is 4. The van der Waals surface area contributed by atoms with E-state index in [-0.39, 0.29) is 11.3 Å². The van der Waals surface area contributed by atoms with Gasteiger partial charge in [-0.25, -0.2) is 0 Å². The van der Waals surface area contributed by atoms with Crippen LogP contribution in [0.2, 0.25) is 0 Å². The highest BCUT2D eigenvalue weighted by Crippen LogP contribution is 2.23. The minimum absolute atomic E-state index is 0.138. The van der Waals surface area contributed by atoms with Crippen LogP contribution >= 0.6 is 0 Å². The van der Waals surface area contributed by atoms with Crippen molar-refractivity contribution in [3.8, 4) is 12.1 Å². The standard InChI is InChI=1S/C10H7N3O2/c1-7(5-11)10-3-2-9(13(14)15)4-8(10)6-12/h2-4,7H,1H3. The van der Waals surface area contributed by atoms with Gasteiger partial charge in [-0.15, -0.1) is 0 Å². The zero-order chi connectivity index (χ0) is 11.4. The van der Waals surface area contributed by atoms with Crippen molar-refractivity contribution in [3.05, 3.63) is 39.4 Å². The van der Waals surface area contributed by atoms with E-state index in [1.807, 2.05) is 12.1 Å². The normalized spacial score (nSPS) is 11.1. The molecule has 0 aromatic heterocycles. The molecule has 0 saturated heterocycles. The number of benzene rings is 1. The summed E-state index contributed by atoms with van der Waals surface area (Å²) in [6.07, 6.45) is 0. The van der Waals surface area contributed by atoms with Gasteiger partial charge in [-0.2, -0.15) is 10.5 Å². The van der Waals surface area contributed by atoms with Crippen LogP contribution < -0.4 is 0 Å². The van der Waals surface area contributed by atoms with Crippen molar-refractivity contribution in [2.75, 3.05) is 0 Å². The third-order valence-corrected chi connectivity index (χ3v) is 2.03. The van der Waals surface area contributed by atoms with Gasteiger partial charge < -0.3 is 0 Å². The van der Waals surface area contributed by atoms with Crippen LogP contribution in [0.5, 0.6) is 0 Å². The van der Waals surface area contributed by atoms with Gasteiger partial charge in [-0.05, 0) is 18.6 Å². The first kappa shape index (κ1) is 10.7. The summed E-state index contributed by atoms with van der Waals surface area (Å²) in [6.45, 7) is 1.64. The summed E-state index contributed by atoms with van der Waals surface area (Å²) in [5, 5.41) is 27.9. The minimum Gasteiger partial charge on any atom is -0.258 e. The van der Waals surface area contributed by atoms with Crippen molar-refractivity contribution in [1.82, 2.24) is 0 Å². The lowest BCUT2D eigenvalue weighted by atomic mass is 9.97. The smallest absolute Gasteiger partial charge is 0.258 e. The summed E-state index contributed by atoms with van der Waals surface area (Å²) < 4.78 is 0. The molecule has 74 valence electrons. The molecule has 0 radical (unpaired) electrons. The van der Waals surface area contributed by atoms with Crippen molar-refractivity contribution in [1.29, 1.82) is 10.5 Å². The molecule has 5 heteroatoms. The van der Waals surface area contributed by atoms with Gasteiger partial charge in [0, 0.05) is 12.1 Å². The van der Waals surface area contributed by atoms with Crippen molar-refractivity contribution in [2.45, 2.75) is 12.8 Å². The zero-order valence-corrected chi connectivity index (χ0v) is 7.97. The van der Waals surface area contributed by atoms with Crippen molar-refractivity contribution >= 4 is 5.69 Å². The summed E-state index contributed by atoms with van der Waals surface area (Å²) in [5.41, 5.74) is 0.560. The highest BCUT2D eigenvalue weighted by Gasteiger charge is 2.14. The first-order valence-electron chi connectivity index (χ1n) is 4.18. The SMILES string of the molecule is CC(C#N)c1ccc([N+](=O)[O-])cc1C#N. The van der Waals surface area contributed by atoms with Crippen molar-refractivity contribution < 1.29 is 4.92 Å². The van der Waals surface area contributed by atoms with Crippen LogP contribution in [0.1, 0.15) is 24.0 Å². The Hall–Kier alpha value is -2.40. The second-order valence-corrected chi connectivity index (χ2v) is 2.99. The quantitative estimate of drug-likeness (QED) is 0.541. The molecule has 0 spiro atoms. The summed E-state index contributed by atoms with van der Waals surface area (Å²) in [6, 6.07) is 7.76. The van der Waals surface area contributed by atoms with Crippen LogP contribution in [0.25, 0.3) is 0 Å². The molecule has 0 saturated carbocycles. The van der Waals surface area contributed by atoms with E-state index in [1.54, 1.807) is 6.92 Å². The van der Waals surface area contributed by atoms with Gasteiger partial charge in [0.25, 0.3) is 5.69 Å². The van der Waals surface area contributed by atoms with Crippen LogP contribution in [0, 0.1) is 32.8 Å². The monoisotopic (exact) mass is 201 g/mol. The Labute approximate surface area is 86.3 Å². The van der Waals surface area contributed by atoms with Gasteiger partial charge in [0.05, 0.1) is 28.5 Å². The molecule has 0 aliphatic heterocycles. The van der Waals surface area contributed by atoms with Crippen LogP contribution in [-0.4, -0.2) is 4.92 Å². The van der Waals surface area contributed by atoms with E-state index in [9.17, 15) is 10.1 Å². The zero-order valence-electron chi connectivity index (χ0n) is 7.97. The van der Waals surface area contributed by atoms with E-state index in [0.29, 0.717) is 5.56 Å². The Morgan fingerprint density at radius 2 is 2.13 bits per heavy atom. The number of nitrogens with zero attached hydrogens (tertiary/aromatic N) is 3. The summed E-state index contributed by atoms with van der Waals surface area (Å²) in [7, 11) is 0. The maximum Gasteiger partial charge on any atom is 0.270 e. The lowest BCUT2D eigenvalue weighted by molar-refractivity contribution is -0.384. The van der Waals surface area contributed by atoms with Gasteiger partial charge in [-0.1, -0.05) is 0 Å². The van der Waals surface area contributed by atoms with Crippen LogP contribution in [0.4, 0.5) is 5.69 Å². The topological polar surface area (TPSA) is 90.7 Å². The highest BCUT2D eigenvalue weighted by molar-refractivity contribution is 5.48. The predicted molar refractivity (Wildman–Crippen MR) is 51.8 cm³/mol. The molecule has 1 atom stereocenters. The molecule has 5 nitrogen and oxygen atoms in total. The third-order valence-electron chi connectivity index (χ3n) is 2.03. The summed E-state index contributed by atoms with van der Waals surface area (Å²) in [4.78, 5) is 9.88. The molecule has 1 rings (SSSR count). The number of hydrogen-bond donors (Lipinski definition) is 0. The molecule has 1 aromatic rings. The molecule has 0 aliphatic carbocycles. The maximum absolute atomic E-state index is 10.5. The van der Waals surface area contributed by atoms with Gasteiger partial charge in [0.2, 0.25) is 0 Å². The van der Waals surface area contributed by atoms with Gasteiger partial charge in [0.1, 0.15) is 0 Å². The molecule has 0 N–H and O–H groups in total. The van der Waals surface area contributed by atoms with Crippen molar-refractivity contribution in [2.24, 2.45) is 0 Å². The number of non-ortho nitro benzene ring substituents is 1. The highest BCUT2D eigenvalue weighted by atomic mass is 16.6. The Bertz CT molecular complexity index is 482. The first-order valence-corrected chi connectivity index (χ1v) is 4.18. The molecular formula is C10H7N3O2. The molecule has 0 bridgehead atoms. The fourth-order valence-electron chi connectivity index (χ4n) is 1.20. The fraction of sp³-hybridized carbons (Fsp3) is 0.200. The lowest BCUT2D eigenvalue weighted by Crippen LogP contribution is -1.96. The number of nitro benzene ring substituents is 1. The second-order valence-electron chi connectivity index (χ2n) is 2.99. The molecule has 1 aromatic carbocycles. The molecule has 0 aliphatic rings. The van der Waals surface area contributed by atoms with E-state index >= 15 is 0 Å².